The quantitative estimate of drug-likeness (QED) is 0.423. The zero-order chi connectivity index (χ0) is 6.41. The summed E-state index contributed by atoms with van der Waals surface area (Å²) in [5.74, 6) is 0. The average molecular weight is 118 g/mol. The van der Waals surface area contributed by atoms with Gasteiger partial charge < -0.3 is 15.4 Å². The van der Waals surface area contributed by atoms with E-state index >= 15 is 0 Å². The molecule has 0 bridgehead atoms. The predicted molar refractivity (Wildman–Crippen MR) is 32.3 cm³/mol. The van der Waals surface area contributed by atoms with Gasteiger partial charge >= 0.3 is 0 Å². The van der Waals surface area contributed by atoms with Crippen molar-refractivity contribution >= 4 is 0 Å². The molecule has 0 radical (unpaired) electrons. The van der Waals surface area contributed by atoms with Crippen molar-refractivity contribution in [2.75, 3.05) is 20.2 Å². The second kappa shape index (κ2) is 5.03. The third-order valence-corrected chi connectivity index (χ3v) is 0.881. The lowest BCUT2D eigenvalue weighted by atomic mass is 10.3. The minimum atomic E-state index is 0.188. The molecular formula is C5H12NO2-. The van der Waals surface area contributed by atoms with E-state index in [0.29, 0.717) is 6.54 Å². The first-order valence-electron chi connectivity index (χ1n) is 2.76. The SMILES string of the molecule is CN([O-])CCCCO. The monoisotopic (exact) mass is 118 g/mol. The molecule has 0 fully saturated rings. The van der Waals surface area contributed by atoms with Crippen LogP contribution in [0, 0.1) is 5.21 Å². The number of nitrogens with zero attached hydrogens (tertiary/aromatic N) is 1. The zero-order valence-corrected chi connectivity index (χ0v) is 5.13. The zero-order valence-electron chi connectivity index (χ0n) is 5.13. The van der Waals surface area contributed by atoms with Crippen LogP contribution in [-0.2, 0) is 0 Å². The molecule has 0 aliphatic carbocycles. The minimum absolute atomic E-state index is 0.188. The van der Waals surface area contributed by atoms with Crippen molar-refractivity contribution < 1.29 is 5.11 Å². The molecule has 3 nitrogen and oxygen atoms in total. The van der Waals surface area contributed by atoms with Gasteiger partial charge in [-0.25, -0.2) is 0 Å². The summed E-state index contributed by atoms with van der Waals surface area (Å²) in [6.45, 7) is 0.717. The predicted octanol–water partition coefficient (Wildman–Crippen LogP) is 0.188. The lowest BCUT2D eigenvalue weighted by Crippen LogP contribution is -2.10. The van der Waals surface area contributed by atoms with Gasteiger partial charge in [0.05, 0.1) is 0 Å². The van der Waals surface area contributed by atoms with E-state index in [2.05, 4.69) is 0 Å². The molecule has 8 heavy (non-hydrogen) atoms. The molecular weight excluding hydrogens is 106 g/mol. The molecule has 0 aliphatic rings. The molecule has 0 heterocycles. The lowest BCUT2D eigenvalue weighted by molar-refractivity contribution is 0.277. The van der Waals surface area contributed by atoms with Crippen LogP contribution in [0.3, 0.4) is 0 Å². The Morgan fingerprint density at radius 2 is 2.12 bits per heavy atom. The Labute approximate surface area is 49.5 Å². The second-order valence-electron chi connectivity index (χ2n) is 1.78. The second-order valence-corrected chi connectivity index (χ2v) is 1.78. The van der Waals surface area contributed by atoms with E-state index in [-0.39, 0.29) is 6.61 Å². The number of hydrogen-bond acceptors (Lipinski definition) is 3. The highest BCUT2D eigenvalue weighted by Crippen LogP contribution is 1.87. The van der Waals surface area contributed by atoms with Crippen LogP contribution < -0.4 is 0 Å². The van der Waals surface area contributed by atoms with Crippen LogP contribution in [0.4, 0.5) is 0 Å². The molecule has 0 amide bonds. The fraction of sp³-hybridized carbons (Fsp3) is 1.00. The molecule has 0 aromatic carbocycles. The Balaban J connectivity index is 2.72. The molecule has 0 unspecified atom stereocenters. The van der Waals surface area contributed by atoms with E-state index in [0.717, 1.165) is 17.9 Å². The van der Waals surface area contributed by atoms with Crippen molar-refractivity contribution in [3.05, 3.63) is 5.21 Å². The largest absolute Gasteiger partial charge is 0.785 e. The van der Waals surface area contributed by atoms with Gasteiger partial charge in [0.2, 0.25) is 0 Å². The standard InChI is InChI=1S/C5H12NO2/c1-6(8)4-2-3-5-7/h7H,2-5H2,1H3/q-1. The molecule has 1 N–H and O–H groups in total. The summed E-state index contributed by atoms with van der Waals surface area (Å²) in [5, 5.41) is 19.3. The van der Waals surface area contributed by atoms with Gasteiger partial charge in [-0.2, -0.15) is 0 Å². The summed E-state index contributed by atoms with van der Waals surface area (Å²) in [7, 11) is 1.48. The number of aliphatic hydroxyl groups is 1. The van der Waals surface area contributed by atoms with Crippen molar-refractivity contribution in [1.82, 2.24) is 5.06 Å². The Kier molecular flexibility index (Phi) is 4.95. The Morgan fingerprint density at radius 3 is 2.50 bits per heavy atom. The molecule has 0 spiro atoms. The van der Waals surface area contributed by atoms with Crippen molar-refractivity contribution in [3.8, 4) is 0 Å². The van der Waals surface area contributed by atoms with Crippen LogP contribution in [0.5, 0.6) is 0 Å². The lowest BCUT2D eigenvalue weighted by Gasteiger charge is -2.20. The third-order valence-electron chi connectivity index (χ3n) is 0.881. The smallest absolute Gasteiger partial charge is 0.0431 e. The van der Waals surface area contributed by atoms with Gasteiger partial charge in [-0.1, -0.05) is 0 Å². The third kappa shape index (κ3) is 5.88. The summed E-state index contributed by atoms with van der Waals surface area (Å²) in [4.78, 5) is 0. The Hall–Kier alpha value is -0.120. The van der Waals surface area contributed by atoms with Crippen LogP contribution >= 0.6 is 0 Å². The Bertz CT molecular complexity index is 47.7. The molecule has 0 aromatic heterocycles. The van der Waals surface area contributed by atoms with E-state index < -0.39 is 0 Å². The summed E-state index contributed by atoms with van der Waals surface area (Å²) < 4.78 is 0. The molecule has 0 atom stereocenters. The van der Waals surface area contributed by atoms with Crippen molar-refractivity contribution in [3.63, 3.8) is 0 Å². The van der Waals surface area contributed by atoms with E-state index in [1.165, 1.54) is 7.05 Å². The fourth-order valence-corrected chi connectivity index (χ4v) is 0.446. The normalized spacial score (nSPS) is 10.5. The average Bonchev–Trinajstić information content (AvgIpc) is 1.66. The molecule has 0 rings (SSSR count). The van der Waals surface area contributed by atoms with Gasteiger partial charge in [-0.15, -0.1) is 0 Å². The van der Waals surface area contributed by atoms with Crippen molar-refractivity contribution in [2.45, 2.75) is 12.8 Å². The number of aliphatic hydroxyl groups excluding tert-OH is 1. The van der Waals surface area contributed by atoms with Crippen molar-refractivity contribution in [2.24, 2.45) is 0 Å². The summed E-state index contributed by atoms with van der Waals surface area (Å²) in [5.41, 5.74) is 0. The maximum absolute atomic E-state index is 10.2. The number of unbranched alkanes of at least 4 members (excludes halogenated alkanes) is 1. The highest BCUT2D eigenvalue weighted by atomic mass is 16.5. The van der Waals surface area contributed by atoms with Crippen LogP contribution in [0.1, 0.15) is 12.8 Å². The molecule has 50 valence electrons. The molecule has 0 aromatic rings. The first-order chi connectivity index (χ1) is 3.77. The topological polar surface area (TPSA) is 46.5 Å². The van der Waals surface area contributed by atoms with E-state index in [9.17, 15) is 5.21 Å². The van der Waals surface area contributed by atoms with Crippen LogP contribution in [0.2, 0.25) is 0 Å². The molecule has 0 saturated carbocycles. The highest BCUT2D eigenvalue weighted by Gasteiger charge is 1.82. The van der Waals surface area contributed by atoms with Gasteiger partial charge in [0, 0.05) is 6.61 Å². The van der Waals surface area contributed by atoms with E-state index in [1.807, 2.05) is 0 Å². The number of rotatable bonds is 4. The first kappa shape index (κ1) is 7.88. The van der Waals surface area contributed by atoms with Crippen molar-refractivity contribution in [1.29, 1.82) is 0 Å². The van der Waals surface area contributed by atoms with E-state index in [1.54, 1.807) is 0 Å². The maximum Gasteiger partial charge on any atom is 0.0431 e. The first-order valence-corrected chi connectivity index (χ1v) is 2.76. The van der Waals surface area contributed by atoms with Gasteiger partial charge in [-0.05, 0) is 26.4 Å². The molecule has 0 aliphatic heterocycles. The summed E-state index contributed by atoms with van der Waals surface area (Å²) >= 11 is 0. The van der Waals surface area contributed by atoms with Gasteiger partial charge in [0.1, 0.15) is 0 Å². The number of hydrogen-bond donors (Lipinski definition) is 1. The van der Waals surface area contributed by atoms with Gasteiger partial charge in [0.15, 0.2) is 0 Å². The minimum Gasteiger partial charge on any atom is -0.785 e. The van der Waals surface area contributed by atoms with Crippen LogP contribution in [0.15, 0.2) is 0 Å². The van der Waals surface area contributed by atoms with Gasteiger partial charge in [-0.3, -0.25) is 0 Å². The van der Waals surface area contributed by atoms with E-state index in [4.69, 9.17) is 5.11 Å². The van der Waals surface area contributed by atoms with Gasteiger partial charge in [0.25, 0.3) is 0 Å². The Morgan fingerprint density at radius 1 is 1.50 bits per heavy atom. The van der Waals surface area contributed by atoms with Crippen LogP contribution in [-0.4, -0.2) is 30.4 Å². The summed E-state index contributed by atoms with van der Waals surface area (Å²) in [6, 6.07) is 0. The molecule has 3 heteroatoms. The number of hydroxylamine groups is 2. The molecule has 0 saturated heterocycles. The highest BCUT2D eigenvalue weighted by molar-refractivity contribution is 4.48. The summed E-state index contributed by atoms with van der Waals surface area (Å²) in [6.07, 6.45) is 1.52. The maximum atomic E-state index is 10.2. The van der Waals surface area contributed by atoms with Crippen LogP contribution in [0.25, 0.3) is 0 Å². The fourth-order valence-electron chi connectivity index (χ4n) is 0.446.